The zero-order valence-electron chi connectivity index (χ0n) is 15.6. The number of carbonyl (C=O) groups excluding carboxylic acids is 1. The average molecular weight is 369 g/mol. The van der Waals surface area contributed by atoms with Crippen LogP contribution in [0.4, 0.5) is 5.69 Å². The summed E-state index contributed by atoms with van der Waals surface area (Å²) in [4.78, 5) is 15.7. The molecule has 4 aromatic rings. The van der Waals surface area contributed by atoms with Crippen molar-refractivity contribution in [2.45, 2.75) is 13.8 Å². The molecule has 138 valence electrons. The van der Waals surface area contributed by atoms with Crippen molar-refractivity contribution in [2.24, 2.45) is 0 Å². The summed E-state index contributed by atoms with van der Waals surface area (Å²) in [5, 5.41) is 6.82. The summed E-state index contributed by atoms with van der Waals surface area (Å²) < 4.78 is 5.34. The first-order valence-corrected chi connectivity index (χ1v) is 8.96. The van der Waals surface area contributed by atoms with Crippen LogP contribution in [0.2, 0.25) is 0 Å². The number of aromatic nitrogens is 2. The quantitative estimate of drug-likeness (QED) is 0.488. The Morgan fingerprint density at radius 2 is 1.71 bits per heavy atom. The van der Waals surface area contributed by atoms with Gasteiger partial charge in [-0.3, -0.25) is 9.78 Å². The Morgan fingerprint density at radius 3 is 2.43 bits per heavy atom. The first-order chi connectivity index (χ1) is 13.7. The molecule has 0 aliphatic carbocycles. The molecule has 0 radical (unpaired) electrons. The van der Waals surface area contributed by atoms with Crippen LogP contribution >= 0.6 is 0 Å². The molecule has 0 bridgehead atoms. The van der Waals surface area contributed by atoms with Gasteiger partial charge in [-0.15, -0.1) is 0 Å². The first kappa shape index (κ1) is 17.7. The number of carbonyl (C=O) groups is 1. The fourth-order valence-electron chi connectivity index (χ4n) is 3.44. The predicted octanol–water partition coefficient (Wildman–Crippen LogP) is 5.26. The molecule has 0 spiro atoms. The van der Waals surface area contributed by atoms with Gasteiger partial charge in [-0.1, -0.05) is 41.6 Å². The Labute approximate surface area is 163 Å². The number of nitrogens with one attached hydrogen (secondary N) is 1. The predicted molar refractivity (Wildman–Crippen MR) is 110 cm³/mol. The molecular formula is C23H19N3O2. The first-order valence-electron chi connectivity index (χ1n) is 8.96. The van der Waals surface area contributed by atoms with Gasteiger partial charge in [0.15, 0.2) is 0 Å². The highest BCUT2D eigenvalue weighted by atomic mass is 16.5. The molecule has 28 heavy (non-hydrogen) atoms. The summed E-state index contributed by atoms with van der Waals surface area (Å²) in [5.41, 5.74) is 7.22. The third kappa shape index (κ3) is 3.30. The van der Waals surface area contributed by atoms with Gasteiger partial charge in [0.2, 0.25) is 6.41 Å². The number of aryl methyl sites for hydroxylation is 2. The van der Waals surface area contributed by atoms with Crippen LogP contribution < -0.4 is 5.32 Å². The molecule has 4 rings (SSSR count). The topological polar surface area (TPSA) is 68.0 Å². The van der Waals surface area contributed by atoms with E-state index in [0.29, 0.717) is 12.1 Å². The van der Waals surface area contributed by atoms with Crippen molar-refractivity contribution in [1.82, 2.24) is 10.1 Å². The monoisotopic (exact) mass is 369 g/mol. The minimum absolute atomic E-state index is 0.678. The van der Waals surface area contributed by atoms with E-state index in [0.717, 1.165) is 45.0 Å². The minimum Gasteiger partial charge on any atom is -0.361 e. The maximum Gasteiger partial charge on any atom is 0.211 e. The van der Waals surface area contributed by atoms with Crippen molar-refractivity contribution >= 4 is 12.1 Å². The van der Waals surface area contributed by atoms with Crippen LogP contribution in [0.5, 0.6) is 0 Å². The molecule has 0 fully saturated rings. The molecule has 0 aliphatic rings. The third-order valence-electron chi connectivity index (χ3n) is 4.65. The van der Waals surface area contributed by atoms with Crippen LogP contribution in [0.25, 0.3) is 33.5 Å². The van der Waals surface area contributed by atoms with Crippen LogP contribution in [-0.4, -0.2) is 16.6 Å². The summed E-state index contributed by atoms with van der Waals surface area (Å²) in [5.74, 6) is 0.737. The lowest BCUT2D eigenvalue weighted by Crippen LogP contribution is -1.96. The van der Waals surface area contributed by atoms with Gasteiger partial charge >= 0.3 is 0 Å². The number of hydrogen-bond acceptors (Lipinski definition) is 4. The van der Waals surface area contributed by atoms with E-state index in [1.165, 1.54) is 0 Å². The second-order valence-corrected chi connectivity index (χ2v) is 6.53. The number of pyridine rings is 1. The smallest absolute Gasteiger partial charge is 0.211 e. The number of rotatable bonds is 5. The second kappa shape index (κ2) is 7.48. The molecule has 0 aliphatic heterocycles. The lowest BCUT2D eigenvalue weighted by molar-refractivity contribution is -0.105. The summed E-state index contributed by atoms with van der Waals surface area (Å²) in [6, 6.07) is 19.9. The second-order valence-electron chi connectivity index (χ2n) is 6.53. The lowest BCUT2D eigenvalue weighted by atomic mass is 9.94. The molecule has 2 heterocycles. The van der Waals surface area contributed by atoms with Crippen molar-refractivity contribution < 1.29 is 9.32 Å². The fraction of sp³-hybridized carbons (Fsp3) is 0.0870. The largest absolute Gasteiger partial charge is 0.361 e. The van der Waals surface area contributed by atoms with Crippen LogP contribution in [0, 0.1) is 13.8 Å². The lowest BCUT2D eigenvalue weighted by Gasteiger charge is -2.13. The van der Waals surface area contributed by atoms with Crippen LogP contribution in [0.1, 0.15) is 11.5 Å². The highest BCUT2D eigenvalue weighted by Gasteiger charge is 2.15. The van der Waals surface area contributed by atoms with Gasteiger partial charge in [-0.25, -0.2) is 0 Å². The standard InChI is InChI=1S/C23H19N3O2/c1-15-22(16(2)28-26-15)19-11-18(12-20(13-19)25-14-27)21-9-6-10-24-23(21)17-7-4-3-5-8-17/h3-14H,1-2H3,(H,25,27). The van der Waals surface area contributed by atoms with Crippen molar-refractivity contribution in [1.29, 1.82) is 0 Å². The Bertz CT molecular complexity index is 1110. The van der Waals surface area contributed by atoms with Gasteiger partial charge in [0.05, 0.1) is 11.4 Å². The molecular weight excluding hydrogens is 350 g/mol. The third-order valence-corrected chi connectivity index (χ3v) is 4.65. The Kier molecular flexibility index (Phi) is 4.72. The number of nitrogens with zero attached hydrogens (tertiary/aromatic N) is 2. The minimum atomic E-state index is 0.678. The molecule has 0 saturated heterocycles. The van der Waals surface area contributed by atoms with Gasteiger partial charge in [-0.2, -0.15) is 0 Å². The van der Waals surface area contributed by atoms with Crippen molar-refractivity contribution in [3.63, 3.8) is 0 Å². The number of amides is 1. The van der Waals surface area contributed by atoms with Gasteiger partial charge in [0.25, 0.3) is 0 Å². The molecule has 2 aromatic carbocycles. The molecule has 5 heteroatoms. The Morgan fingerprint density at radius 1 is 0.929 bits per heavy atom. The summed E-state index contributed by atoms with van der Waals surface area (Å²) in [6.45, 7) is 3.79. The molecule has 2 aromatic heterocycles. The van der Waals surface area contributed by atoms with Crippen molar-refractivity contribution in [2.75, 3.05) is 5.32 Å². The van der Waals surface area contributed by atoms with Crippen LogP contribution in [-0.2, 0) is 4.79 Å². The fourth-order valence-corrected chi connectivity index (χ4v) is 3.44. The normalized spacial score (nSPS) is 10.6. The number of anilines is 1. The highest BCUT2D eigenvalue weighted by Crippen LogP contribution is 2.36. The molecule has 1 amide bonds. The molecule has 0 saturated carbocycles. The molecule has 0 unspecified atom stereocenters. The van der Waals surface area contributed by atoms with Crippen molar-refractivity contribution in [3.8, 4) is 33.5 Å². The Balaban J connectivity index is 1.93. The molecule has 1 N–H and O–H groups in total. The molecule has 0 atom stereocenters. The van der Waals surface area contributed by atoms with Gasteiger partial charge in [0, 0.05) is 28.6 Å². The number of hydrogen-bond donors (Lipinski definition) is 1. The molecule has 5 nitrogen and oxygen atoms in total. The van der Waals surface area contributed by atoms with E-state index in [-0.39, 0.29) is 0 Å². The zero-order chi connectivity index (χ0) is 19.5. The van der Waals surface area contributed by atoms with Gasteiger partial charge < -0.3 is 9.84 Å². The summed E-state index contributed by atoms with van der Waals surface area (Å²) >= 11 is 0. The zero-order valence-corrected chi connectivity index (χ0v) is 15.6. The van der Waals surface area contributed by atoms with Gasteiger partial charge in [0.1, 0.15) is 5.76 Å². The highest BCUT2D eigenvalue weighted by molar-refractivity contribution is 5.87. The van der Waals surface area contributed by atoms with E-state index in [2.05, 4.69) is 21.5 Å². The Hall–Kier alpha value is -3.73. The van der Waals surface area contributed by atoms with E-state index < -0.39 is 0 Å². The SMILES string of the molecule is Cc1noc(C)c1-c1cc(NC=O)cc(-c2cccnc2-c2ccccc2)c1. The maximum absolute atomic E-state index is 11.1. The van der Waals surface area contributed by atoms with Crippen molar-refractivity contribution in [3.05, 3.63) is 78.3 Å². The average Bonchev–Trinajstić information content (AvgIpc) is 3.07. The van der Waals surface area contributed by atoms with E-state index >= 15 is 0 Å². The van der Waals surface area contributed by atoms with E-state index in [1.54, 1.807) is 6.20 Å². The van der Waals surface area contributed by atoms with E-state index in [1.807, 2.05) is 68.4 Å². The van der Waals surface area contributed by atoms with Crippen LogP contribution in [0.3, 0.4) is 0 Å². The van der Waals surface area contributed by atoms with E-state index in [9.17, 15) is 4.79 Å². The number of benzene rings is 2. The van der Waals surface area contributed by atoms with Gasteiger partial charge in [-0.05, 0) is 49.2 Å². The van der Waals surface area contributed by atoms with Crippen LogP contribution in [0.15, 0.2) is 71.4 Å². The summed E-state index contributed by atoms with van der Waals surface area (Å²) in [6.07, 6.45) is 2.46. The van der Waals surface area contributed by atoms with E-state index in [4.69, 9.17) is 4.52 Å². The summed E-state index contributed by atoms with van der Waals surface area (Å²) in [7, 11) is 0. The maximum atomic E-state index is 11.1.